The van der Waals surface area contributed by atoms with Crippen molar-refractivity contribution >= 4 is 16.9 Å². The highest BCUT2D eigenvalue weighted by molar-refractivity contribution is 5.94. The Hall–Kier alpha value is -2.09. The van der Waals surface area contributed by atoms with Gasteiger partial charge in [0, 0.05) is 31.2 Å². The van der Waals surface area contributed by atoms with Crippen LogP contribution < -0.4 is 0 Å². The number of morpholine rings is 1. The van der Waals surface area contributed by atoms with Gasteiger partial charge in [-0.25, -0.2) is 14.8 Å². The van der Waals surface area contributed by atoms with Crippen LogP contribution in [-0.2, 0) is 9.47 Å². The van der Waals surface area contributed by atoms with Crippen molar-refractivity contribution in [2.75, 3.05) is 39.5 Å². The highest BCUT2D eigenvalue weighted by atomic mass is 16.5. The number of esters is 1. The summed E-state index contributed by atoms with van der Waals surface area (Å²) in [4.78, 5) is 22.2. The van der Waals surface area contributed by atoms with Gasteiger partial charge in [-0.05, 0) is 12.1 Å². The quantitative estimate of drug-likeness (QED) is 0.803. The Morgan fingerprint density at radius 1 is 1.39 bits per heavy atom. The van der Waals surface area contributed by atoms with Crippen molar-refractivity contribution in [1.29, 1.82) is 0 Å². The Morgan fingerprint density at radius 3 is 3.04 bits per heavy atom. The number of benzene rings is 1. The number of aromatic nitrogens is 2. The maximum Gasteiger partial charge on any atom is 0.338 e. The minimum atomic E-state index is -0.708. The molecular weight excluding hydrogens is 298 g/mol. The summed E-state index contributed by atoms with van der Waals surface area (Å²) in [7, 11) is 0. The fourth-order valence-corrected chi connectivity index (χ4v) is 2.49. The summed E-state index contributed by atoms with van der Waals surface area (Å²) in [5.41, 5.74) is 1.10. The average Bonchev–Trinajstić information content (AvgIpc) is 2.60. The molecule has 0 bridgehead atoms. The van der Waals surface area contributed by atoms with Crippen molar-refractivity contribution in [3.05, 3.63) is 36.3 Å². The Morgan fingerprint density at radius 2 is 2.22 bits per heavy atom. The lowest BCUT2D eigenvalue weighted by molar-refractivity contribution is -0.00891. The number of aliphatic hydroxyl groups is 1. The van der Waals surface area contributed by atoms with E-state index in [1.54, 1.807) is 24.4 Å². The zero-order valence-electron chi connectivity index (χ0n) is 12.7. The van der Waals surface area contributed by atoms with E-state index in [-0.39, 0.29) is 6.61 Å². The number of fused-ring (bicyclic) bond motifs is 1. The van der Waals surface area contributed by atoms with E-state index >= 15 is 0 Å². The summed E-state index contributed by atoms with van der Waals surface area (Å²) in [6, 6.07) is 5.10. The van der Waals surface area contributed by atoms with Gasteiger partial charge in [0.1, 0.15) is 19.0 Å². The molecule has 0 saturated carbocycles. The van der Waals surface area contributed by atoms with Gasteiger partial charge < -0.3 is 14.6 Å². The normalized spacial score (nSPS) is 17.1. The smallest absolute Gasteiger partial charge is 0.338 e. The summed E-state index contributed by atoms with van der Waals surface area (Å²) in [5, 5.41) is 10.8. The van der Waals surface area contributed by atoms with Crippen LogP contribution in [0.15, 0.2) is 30.7 Å². The Balaban J connectivity index is 1.53. The fourth-order valence-electron chi connectivity index (χ4n) is 2.49. The number of hydrogen-bond donors (Lipinski definition) is 1. The van der Waals surface area contributed by atoms with Crippen LogP contribution in [0.4, 0.5) is 0 Å². The first-order valence-corrected chi connectivity index (χ1v) is 7.57. The van der Waals surface area contributed by atoms with Crippen molar-refractivity contribution in [3.63, 3.8) is 0 Å². The molecule has 1 aliphatic heterocycles. The third-order valence-corrected chi connectivity index (χ3v) is 3.72. The molecule has 0 spiro atoms. The molecule has 2 heterocycles. The Kier molecular flexibility index (Phi) is 5.12. The molecule has 1 aromatic carbocycles. The van der Waals surface area contributed by atoms with Crippen LogP contribution in [-0.4, -0.2) is 71.5 Å². The van der Waals surface area contributed by atoms with E-state index in [1.807, 2.05) is 0 Å². The van der Waals surface area contributed by atoms with E-state index < -0.39 is 12.1 Å². The molecule has 0 aliphatic carbocycles. The van der Waals surface area contributed by atoms with Gasteiger partial charge in [0.25, 0.3) is 0 Å². The van der Waals surface area contributed by atoms with Crippen LogP contribution >= 0.6 is 0 Å². The van der Waals surface area contributed by atoms with Crippen molar-refractivity contribution in [2.45, 2.75) is 6.10 Å². The minimum Gasteiger partial charge on any atom is -0.459 e. The second-order valence-corrected chi connectivity index (χ2v) is 5.46. The molecule has 2 aromatic rings. The number of ether oxygens (including phenoxy) is 2. The first kappa shape index (κ1) is 15.8. The first-order chi connectivity index (χ1) is 11.2. The van der Waals surface area contributed by atoms with Crippen LogP contribution in [0.5, 0.6) is 0 Å². The monoisotopic (exact) mass is 317 g/mol. The predicted molar refractivity (Wildman–Crippen MR) is 83.1 cm³/mol. The largest absolute Gasteiger partial charge is 0.459 e. The molecular formula is C16H19N3O4. The molecule has 1 N–H and O–H groups in total. The second-order valence-electron chi connectivity index (χ2n) is 5.46. The van der Waals surface area contributed by atoms with E-state index in [2.05, 4.69) is 14.9 Å². The third-order valence-electron chi connectivity index (χ3n) is 3.72. The van der Waals surface area contributed by atoms with Crippen molar-refractivity contribution in [1.82, 2.24) is 14.9 Å². The van der Waals surface area contributed by atoms with E-state index in [0.717, 1.165) is 18.5 Å². The molecule has 0 amide bonds. The van der Waals surface area contributed by atoms with Gasteiger partial charge >= 0.3 is 5.97 Å². The second kappa shape index (κ2) is 7.45. The van der Waals surface area contributed by atoms with Crippen LogP contribution in [0.25, 0.3) is 10.9 Å². The summed E-state index contributed by atoms with van der Waals surface area (Å²) in [6.07, 6.45) is 2.41. The zero-order chi connectivity index (χ0) is 16.1. The SMILES string of the molecule is O=C(OCC(O)CN1CCOCC1)c1ccc2cncnc2c1. The van der Waals surface area contributed by atoms with Crippen molar-refractivity contribution in [3.8, 4) is 0 Å². The molecule has 1 aliphatic rings. The van der Waals surface area contributed by atoms with Gasteiger partial charge in [-0.2, -0.15) is 0 Å². The molecule has 23 heavy (non-hydrogen) atoms. The Labute approximate surface area is 133 Å². The third kappa shape index (κ3) is 4.22. The lowest BCUT2D eigenvalue weighted by Gasteiger charge is -2.28. The zero-order valence-corrected chi connectivity index (χ0v) is 12.7. The molecule has 1 saturated heterocycles. The standard InChI is InChI=1S/C16H19N3O4/c20-14(9-19-3-5-22-6-4-19)10-23-16(21)12-1-2-13-8-17-11-18-15(13)7-12/h1-2,7-8,11,14,20H,3-6,9-10H2. The van der Waals surface area contributed by atoms with Crippen LogP contribution in [0.1, 0.15) is 10.4 Å². The summed E-state index contributed by atoms with van der Waals surface area (Å²) in [6.45, 7) is 3.36. The number of hydrogen-bond acceptors (Lipinski definition) is 7. The van der Waals surface area contributed by atoms with Crippen LogP contribution in [0.3, 0.4) is 0 Å². The summed E-state index contributed by atoms with van der Waals surface area (Å²) in [5.74, 6) is -0.466. The maximum atomic E-state index is 12.1. The average molecular weight is 317 g/mol. The lowest BCUT2D eigenvalue weighted by atomic mass is 10.1. The van der Waals surface area contributed by atoms with Gasteiger partial charge in [-0.3, -0.25) is 4.90 Å². The number of β-amino-alcohol motifs (C(OH)–C–C–N with tert-alkyl or cyclic N) is 1. The van der Waals surface area contributed by atoms with Crippen LogP contribution in [0.2, 0.25) is 0 Å². The number of carbonyl (C=O) groups is 1. The van der Waals surface area contributed by atoms with E-state index in [4.69, 9.17) is 9.47 Å². The molecule has 7 nitrogen and oxygen atoms in total. The molecule has 1 atom stereocenters. The molecule has 1 fully saturated rings. The highest BCUT2D eigenvalue weighted by Gasteiger charge is 2.17. The van der Waals surface area contributed by atoms with E-state index in [1.165, 1.54) is 6.33 Å². The number of carbonyl (C=O) groups excluding carboxylic acids is 1. The molecule has 1 aromatic heterocycles. The fraction of sp³-hybridized carbons (Fsp3) is 0.438. The Bertz CT molecular complexity index is 673. The van der Waals surface area contributed by atoms with Gasteiger partial charge in [0.05, 0.1) is 24.3 Å². The molecule has 3 rings (SSSR count). The van der Waals surface area contributed by atoms with Crippen molar-refractivity contribution < 1.29 is 19.4 Å². The topological polar surface area (TPSA) is 84.8 Å². The lowest BCUT2D eigenvalue weighted by Crippen LogP contribution is -2.42. The molecule has 7 heteroatoms. The van der Waals surface area contributed by atoms with Gasteiger partial charge in [0.2, 0.25) is 0 Å². The van der Waals surface area contributed by atoms with Gasteiger partial charge in [-0.15, -0.1) is 0 Å². The highest BCUT2D eigenvalue weighted by Crippen LogP contribution is 2.13. The van der Waals surface area contributed by atoms with E-state index in [0.29, 0.717) is 30.8 Å². The number of nitrogens with zero attached hydrogens (tertiary/aromatic N) is 3. The van der Waals surface area contributed by atoms with Gasteiger partial charge in [-0.1, -0.05) is 6.07 Å². The summed E-state index contributed by atoms with van der Waals surface area (Å²) >= 11 is 0. The first-order valence-electron chi connectivity index (χ1n) is 7.57. The maximum absolute atomic E-state index is 12.1. The number of aliphatic hydroxyl groups excluding tert-OH is 1. The predicted octanol–water partition coefficient (Wildman–Crippen LogP) is 0.480. The molecule has 122 valence electrons. The minimum absolute atomic E-state index is 0.0298. The molecule has 0 radical (unpaired) electrons. The van der Waals surface area contributed by atoms with Gasteiger partial charge in [0.15, 0.2) is 0 Å². The van der Waals surface area contributed by atoms with Crippen molar-refractivity contribution in [2.24, 2.45) is 0 Å². The van der Waals surface area contributed by atoms with E-state index in [9.17, 15) is 9.90 Å². The molecule has 1 unspecified atom stereocenters. The summed E-state index contributed by atoms with van der Waals surface area (Å²) < 4.78 is 10.4. The van der Waals surface area contributed by atoms with Crippen LogP contribution in [0, 0.1) is 0 Å². The number of rotatable bonds is 5.